The first-order valence-corrected chi connectivity index (χ1v) is 9.41. The van der Waals surface area contributed by atoms with Crippen molar-refractivity contribution in [3.8, 4) is 34.3 Å². The average molecular weight is 420 g/mol. The second-order valence-corrected chi connectivity index (χ2v) is 7.12. The SMILES string of the molecule is COc1ccc(-c2cc(=O)c3c(O)cc4c(c3o2)[C@H](c2ccco2)CC(=O)O4)cc1O. The van der Waals surface area contributed by atoms with Gasteiger partial charge in [0.2, 0.25) is 0 Å². The molecule has 0 radical (unpaired) electrons. The molecule has 4 aromatic rings. The van der Waals surface area contributed by atoms with Crippen LogP contribution in [-0.2, 0) is 4.79 Å². The second-order valence-electron chi connectivity index (χ2n) is 7.12. The maximum atomic E-state index is 12.9. The fourth-order valence-electron chi connectivity index (χ4n) is 3.88. The summed E-state index contributed by atoms with van der Waals surface area (Å²) >= 11 is 0. The number of hydrogen-bond donors (Lipinski definition) is 2. The number of aromatic hydroxyl groups is 2. The molecule has 1 aliphatic rings. The molecule has 0 aliphatic carbocycles. The predicted molar refractivity (Wildman–Crippen MR) is 109 cm³/mol. The summed E-state index contributed by atoms with van der Waals surface area (Å²) in [4.78, 5) is 25.1. The topological polar surface area (TPSA) is 119 Å². The number of carbonyl (C=O) groups is 1. The Hall–Kier alpha value is -4.20. The molecule has 0 fully saturated rings. The maximum Gasteiger partial charge on any atom is 0.312 e. The molecule has 2 N–H and O–H groups in total. The van der Waals surface area contributed by atoms with Crippen LogP contribution in [0.5, 0.6) is 23.0 Å². The highest BCUT2D eigenvalue weighted by atomic mass is 16.5. The first kappa shape index (κ1) is 18.8. The number of phenols is 2. The third-order valence-corrected chi connectivity index (χ3v) is 5.27. The number of ether oxygens (including phenoxy) is 2. The van der Waals surface area contributed by atoms with Crippen LogP contribution >= 0.6 is 0 Å². The van der Waals surface area contributed by atoms with Gasteiger partial charge in [-0.2, -0.15) is 0 Å². The number of phenolic OH excluding ortho intramolecular Hbond substituents is 2. The van der Waals surface area contributed by atoms with Crippen molar-refractivity contribution in [3.05, 3.63) is 70.3 Å². The lowest BCUT2D eigenvalue weighted by Crippen LogP contribution is -2.21. The van der Waals surface area contributed by atoms with Gasteiger partial charge in [0.05, 0.1) is 25.7 Å². The normalized spacial score (nSPS) is 15.5. The first-order chi connectivity index (χ1) is 15.0. The standard InChI is InChI=1S/C23H16O8/c1-28-17-5-4-11(7-13(17)24)18-9-14(25)22-15(26)10-19-21(23(22)31-18)12(8-20(27)30-19)16-3-2-6-29-16/h2-7,9-10,12,24,26H,8H2,1H3/t12-/m0/s1. The van der Waals surface area contributed by atoms with E-state index in [9.17, 15) is 19.8 Å². The van der Waals surface area contributed by atoms with E-state index in [1.165, 1.54) is 31.6 Å². The summed E-state index contributed by atoms with van der Waals surface area (Å²) < 4.78 is 21.9. The van der Waals surface area contributed by atoms with Gasteiger partial charge in [-0.25, -0.2) is 0 Å². The number of esters is 1. The smallest absolute Gasteiger partial charge is 0.312 e. The van der Waals surface area contributed by atoms with Crippen molar-refractivity contribution >= 4 is 16.9 Å². The van der Waals surface area contributed by atoms with Crippen LogP contribution in [0.15, 0.2) is 62.4 Å². The molecule has 0 unspecified atom stereocenters. The first-order valence-electron chi connectivity index (χ1n) is 9.41. The zero-order chi connectivity index (χ0) is 21.7. The fourth-order valence-corrected chi connectivity index (χ4v) is 3.88. The molecule has 156 valence electrons. The summed E-state index contributed by atoms with van der Waals surface area (Å²) in [5.74, 6) is -0.503. The lowest BCUT2D eigenvalue weighted by Gasteiger charge is -2.24. The highest BCUT2D eigenvalue weighted by molar-refractivity contribution is 5.93. The van der Waals surface area contributed by atoms with E-state index in [4.69, 9.17) is 18.3 Å². The number of methoxy groups -OCH3 is 1. The Balaban J connectivity index is 1.80. The Morgan fingerprint density at radius 2 is 1.90 bits per heavy atom. The third-order valence-electron chi connectivity index (χ3n) is 5.27. The summed E-state index contributed by atoms with van der Waals surface area (Å²) in [7, 11) is 1.43. The molecule has 0 spiro atoms. The van der Waals surface area contributed by atoms with Gasteiger partial charge in [0.1, 0.15) is 34.0 Å². The quantitative estimate of drug-likeness (QED) is 0.378. The average Bonchev–Trinajstić information content (AvgIpc) is 3.27. The van der Waals surface area contributed by atoms with Gasteiger partial charge in [0.15, 0.2) is 16.9 Å². The van der Waals surface area contributed by atoms with E-state index in [0.29, 0.717) is 16.9 Å². The van der Waals surface area contributed by atoms with E-state index in [2.05, 4.69) is 0 Å². The number of hydrogen-bond acceptors (Lipinski definition) is 8. The Morgan fingerprint density at radius 3 is 2.61 bits per heavy atom. The van der Waals surface area contributed by atoms with Crippen molar-refractivity contribution in [2.24, 2.45) is 0 Å². The van der Waals surface area contributed by atoms with E-state index in [-0.39, 0.29) is 46.1 Å². The van der Waals surface area contributed by atoms with Gasteiger partial charge in [-0.3, -0.25) is 9.59 Å². The van der Waals surface area contributed by atoms with Crippen LogP contribution < -0.4 is 14.9 Å². The molecule has 8 heteroatoms. The van der Waals surface area contributed by atoms with Crippen molar-refractivity contribution in [3.63, 3.8) is 0 Å². The highest BCUT2D eigenvalue weighted by Crippen LogP contribution is 2.46. The zero-order valence-electron chi connectivity index (χ0n) is 16.2. The zero-order valence-corrected chi connectivity index (χ0v) is 16.2. The Labute approximate surface area is 174 Å². The van der Waals surface area contributed by atoms with E-state index >= 15 is 0 Å². The molecule has 0 saturated carbocycles. The van der Waals surface area contributed by atoms with Crippen LogP contribution in [0.2, 0.25) is 0 Å². The molecular formula is C23H16O8. The van der Waals surface area contributed by atoms with Gasteiger partial charge >= 0.3 is 5.97 Å². The Morgan fingerprint density at radius 1 is 1.06 bits per heavy atom. The van der Waals surface area contributed by atoms with Gasteiger partial charge in [0.25, 0.3) is 0 Å². The summed E-state index contributed by atoms with van der Waals surface area (Å²) in [6.45, 7) is 0. The van der Waals surface area contributed by atoms with Gasteiger partial charge in [-0.05, 0) is 30.3 Å². The molecule has 2 aromatic heterocycles. The molecular weight excluding hydrogens is 404 g/mol. The maximum absolute atomic E-state index is 12.9. The van der Waals surface area contributed by atoms with Gasteiger partial charge in [-0.1, -0.05) is 0 Å². The van der Waals surface area contributed by atoms with Crippen molar-refractivity contribution in [1.82, 2.24) is 0 Å². The molecule has 1 aliphatic heterocycles. The minimum atomic E-state index is -0.558. The lowest BCUT2D eigenvalue weighted by atomic mass is 9.88. The molecule has 0 amide bonds. The number of furan rings is 1. The number of benzene rings is 2. The van der Waals surface area contributed by atoms with Crippen LogP contribution in [0, 0.1) is 0 Å². The van der Waals surface area contributed by atoms with E-state index in [1.54, 1.807) is 24.3 Å². The van der Waals surface area contributed by atoms with Crippen molar-refractivity contribution in [1.29, 1.82) is 0 Å². The number of fused-ring (bicyclic) bond motifs is 3. The van der Waals surface area contributed by atoms with Crippen molar-refractivity contribution < 1.29 is 33.3 Å². The highest BCUT2D eigenvalue weighted by Gasteiger charge is 2.35. The van der Waals surface area contributed by atoms with Crippen LogP contribution in [0.25, 0.3) is 22.3 Å². The summed E-state index contributed by atoms with van der Waals surface area (Å²) in [6.07, 6.45) is 1.47. The van der Waals surface area contributed by atoms with Gasteiger partial charge < -0.3 is 28.5 Å². The summed E-state index contributed by atoms with van der Waals surface area (Å²) in [5.41, 5.74) is 0.458. The van der Waals surface area contributed by atoms with Gasteiger partial charge in [0, 0.05) is 23.3 Å². The minimum absolute atomic E-state index is 0.0162. The second kappa shape index (κ2) is 6.94. The molecule has 1 atom stereocenters. The largest absolute Gasteiger partial charge is 0.507 e. The fraction of sp³-hybridized carbons (Fsp3) is 0.130. The van der Waals surface area contributed by atoms with Crippen LogP contribution in [0.4, 0.5) is 0 Å². The Bertz CT molecular complexity index is 1380. The van der Waals surface area contributed by atoms with E-state index in [1.807, 2.05) is 0 Å². The van der Waals surface area contributed by atoms with Crippen LogP contribution in [0.3, 0.4) is 0 Å². The van der Waals surface area contributed by atoms with Crippen molar-refractivity contribution in [2.45, 2.75) is 12.3 Å². The van der Waals surface area contributed by atoms with Gasteiger partial charge in [-0.15, -0.1) is 0 Å². The molecule has 0 saturated heterocycles. The molecule has 2 aromatic carbocycles. The van der Waals surface area contributed by atoms with Crippen LogP contribution in [0.1, 0.15) is 23.7 Å². The third kappa shape index (κ3) is 3.00. The van der Waals surface area contributed by atoms with E-state index in [0.717, 1.165) is 0 Å². The molecule has 8 nitrogen and oxygen atoms in total. The number of rotatable bonds is 3. The molecule has 31 heavy (non-hydrogen) atoms. The lowest BCUT2D eigenvalue weighted by molar-refractivity contribution is -0.135. The van der Waals surface area contributed by atoms with Crippen LogP contribution in [-0.4, -0.2) is 23.3 Å². The van der Waals surface area contributed by atoms with E-state index < -0.39 is 17.3 Å². The number of carbonyl (C=O) groups excluding carboxylic acids is 1. The minimum Gasteiger partial charge on any atom is -0.507 e. The molecule has 5 rings (SSSR count). The molecule has 0 bridgehead atoms. The predicted octanol–water partition coefficient (Wildman–Crippen LogP) is 3.91. The monoisotopic (exact) mass is 420 g/mol. The Kier molecular flexibility index (Phi) is 4.21. The summed E-state index contributed by atoms with van der Waals surface area (Å²) in [6, 6.07) is 10.5. The van der Waals surface area contributed by atoms with Crippen molar-refractivity contribution in [2.75, 3.05) is 7.11 Å². The summed E-state index contributed by atoms with van der Waals surface area (Å²) in [5, 5.41) is 20.5. The molecule has 3 heterocycles.